The molecule has 0 bridgehead atoms. The van der Waals surface area contributed by atoms with Crippen molar-refractivity contribution in [3.05, 3.63) is 83.9 Å². The molecule has 1 fully saturated rings. The molecule has 0 saturated carbocycles. The first-order chi connectivity index (χ1) is 14.6. The molecule has 3 aromatic rings. The van der Waals surface area contributed by atoms with E-state index in [0.717, 1.165) is 29.3 Å². The summed E-state index contributed by atoms with van der Waals surface area (Å²) in [6.45, 7) is 4.05. The van der Waals surface area contributed by atoms with Crippen LogP contribution in [0.3, 0.4) is 0 Å². The molecule has 30 heavy (non-hydrogen) atoms. The molecule has 0 radical (unpaired) electrons. The van der Waals surface area contributed by atoms with Crippen LogP contribution < -0.4 is 5.32 Å². The van der Waals surface area contributed by atoms with Crippen LogP contribution in [-0.2, 0) is 11.3 Å². The van der Waals surface area contributed by atoms with Gasteiger partial charge in [0.2, 0.25) is 0 Å². The van der Waals surface area contributed by atoms with Crippen LogP contribution in [0, 0.1) is 5.82 Å². The Hall–Kier alpha value is -3.19. The maximum absolute atomic E-state index is 13.3. The maximum atomic E-state index is 13.3. The zero-order chi connectivity index (χ0) is 20.9. The topological polar surface area (TPSA) is 54.7 Å². The third kappa shape index (κ3) is 4.68. The van der Waals surface area contributed by atoms with Gasteiger partial charge in [0.15, 0.2) is 5.96 Å². The van der Waals surface area contributed by atoms with Gasteiger partial charge >= 0.3 is 0 Å². The van der Waals surface area contributed by atoms with Crippen LogP contribution in [0.25, 0.3) is 5.69 Å². The molecule has 1 saturated heterocycles. The smallest absolute Gasteiger partial charge is 0.194 e. The third-order valence-corrected chi connectivity index (χ3v) is 5.12. The van der Waals surface area contributed by atoms with Gasteiger partial charge in [-0.1, -0.05) is 30.3 Å². The predicted molar refractivity (Wildman–Crippen MR) is 115 cm³/mol. The number of nitrogens with zero attached hydrogens (tertiary/aromatic N) is 4. The minimum Gasteiger partial charge on any atom is -0.367 e. The summed E-state index contributed by atoms with van der Waals surface area (Å²) in [6, 6.07) is 16.5. The van der Waals surface area contributed by atoms with Crippen LogP contribution in [0.2, 0.25) is 0 Å². The lowest BCUT2D eigenvalue weighted by atomic mass is 10.1. The first-order valence-electron chi connectivity index (χ1n) is 10.1. The van der Waals surface area contributed by atoms with E-state index in [-0.39, 0.29) is 18.0 Å². The Morgan fingerprint density at radius 2 is 1.93 bits per heavy atom. The number of guanidine groups is 1. The van der Waals surface area contributed by atoms with Crippen LogP contribution in [0.15, 0.2) is 72.0 Å². The van der Waals surface area contributed by atoms with Gasteiger partial charge in [-0.25, -0.2) is 9.07 Å². The van der Waals surface area contributed by atoms with E-state index in [1.54, 1.807) is 19.2 Å². The van der Waals surface area contributed by atoms with Crippen molar-refractivity contribution in [1.82, 2.24) is 20.0 Å². The highest BCUT2D eigenvalue weighted by Gasteiger charge is 2.28. The first kappa shape index (κ1) is 20.1. The molecule has 2 aromatic carbocycles. The van der Waals surface area contributed by atoms with Crippen molar-refractivity contribution in [2.45, 2.75) is 25.7 Å². The van der Waals surface area contributed by atoms with E-state index >= 15 is 0 Å². The lowest BCUT2D eigenvalue weighted by Crippen LogP contribution is -2.50. The Labute approximate surface area is 176 Å². The van der Waals surface area contributed by atoms with Gasteiger partial charge in [-0.2, -0.15) is 5.10 Å². The summed E-state index contributed by atoms with van der Waals surface area (Å²) >= 11 is 0. The molecular weight excluding hydrogens is 381 g/mol. The van der Waals surface area contributed by atoms with Gasteiger partial charge in [-0.05, 0) is 36.8 Å². The van der Waals surface area contributed by atoms with E-state index < -0.39 is 0 Å². The largest absolute Gasteiger partial charge is 0.367 e. The number of hydrogen-bond donors (Lipinski definition) is 1. The fourth-order valence-corrected chi connectivity index (χ4v) is 3.67. The SMILES string of the molecule is CN=C(NCc1cnn(-c2ccccc2)c1)N1CC(C)OC(c2ccc(F)cc2)C1. The maximum Gasteiger partial charge on any atom is 0.194 e. The highest BCUT2D eigenvalue weighted by molar-refractivity contribution is 5.80. The minimum absolute atomic E-state index is 0.0354. The number of hydrogen-bond acceptors (Lipinski definition) is 3. The average molecular weight is 407 g/mol. The van der Waals surface area contributed by atoms with Gasteiger partial charge in [0.1, 0.15) is 11.9 Å². The lowest BCUT2D eigenvalue weighted by Gasteiger charge is -2.38. The zero-order valence-electron chi connectivity index (χ0n) is 17.2. The number of aliphatic imine (C=N–C) groups is 1. The lowest BCUT2D eigenvalue weighted by molar-refractivity contribution is -0.0605. The van der Waals surface area contributed by atoms with Crippen molar-refractivity contribution in [2.24, 2.45) is 4.99 Å². The molecule has 2 heterocycles. The predicted octanol–water partition coefficient (Wildman–Crippen LogP) is 3.55. The summed E-state index contributed by atoms with van der Waals surface area (Å²) in [6.07, 6.45) is 3.77. The number of morpholine rings is 1. The monoisotopic (exact) mass is 407 g/mol. The molecule has 2 atom stereocenters. The Morgan fingerprint density at radius 1 is 1.17 bits per heavy atom. The van der Waals surface area contributed by atoms with Crippen molar-refractivity contribution in [3.8, 4) is 5.69 Å². The molecule has 0 amide bonds. The summed E-state index contributed by atoms with van der Waals surface area (Å²) in [5.74, 6) is 0.567. The van der Waals surface area contributed by atoms with Crippen molar-refractivity contribution in [1.29, 1.82) is 0 Å². The molecule has 4 rings (SSSR count). The molecule has 1 aliphatic rings. The summed E-state index contributed by atoms with van der Waals surface area (Å²) in [7, 11) is 1.78. The van der Waals surface area contributed by atoms with Gasteiger partial charge in [-0.3, -0.25) is 4.99 Å². The Balaban J connectivity index is 1.41. The number of halogens is 1. The third-order valence-electron chi connectivity index (χ3n) is 5.12. The normalized spacial score (nSPS) is 19.7. The number of nitrogens with one attached hydrogen (secondary N) is 1. The molecule has 1 aromatic heterocycles. The molecule has 1 aliphatic heterocycles. The highest BCUT2D eigenvalue weighted by atomic mass is 19.1. The molecule has 7 heteroatoms. The number of benzene rings is 2. The number of aromatic nitrogens is 2. The van der Waals surface area contributed by atoms with Gasteiger partial charge in [0, 0.05) is 31.9 Å². The van der Waals surface area contributed by atoms with Crippen molar-refractivity contribution >= 4 is 5.96 Å². The second-order valence-electron chi connectivity index (χ2n) is 7.42. The second-order valence-corrected chi connectivity index (χ2v) is 7.42. The summed E-state index contributed by atoms with van der Waals surface area (Å²) in [5.41, 5.74) is 3.06. The van der Waals surface area contributed by atoms with E-state index in [1.807, 2.05) is 54.3 Å². The van der Waals surface area contributed by atoms with Gasteiger partial charge in [-0.15, -0.1) is 0 Å². The van der Waals surface area contributed by atoms with Gasteiger partial charge < -0.3 is 15.0 Å². The number of rotatable bonds is 4. The van der Waals surface area contributed by atoms with Crippen LogP contribution in [-0.4, -0.2) is 46.9 Å². The van der Waals surface area contributed by atoms with Gasteiger partial charge in [0.05, 0.1) is 24.5 Å². The van der Waals surface area contributed by atoms with Crippen LogP contribution in [0.4, 0.5) is 4.39 Å². The van der Waals surface area contributed by atoms with Crippen LogP contribution in [0.1, 0.15) is 24.2 Å². The van der Waals surface area contributed by atoms with E-state index in [1.165, 1.54) is 12.1 Å². The molecule has 6 nitrogen and oxygen atoms in total. The standard InChI is InChI=1S/C23H26FN5O/c1-17-14-28(16-22(30-17)19-8-10-20(24)11-9-19)23(25-2)26-12-18-13-27-29(15-18)21-6-4-3-5-7-21/h3-11,13,15,17,22H,12,14,16H2,1-2H3,(H,25,26). The van der Waals surface area contributed by atoms with Gasteiger partial charge in [0.25, 0.3) is 0 Å². The molecule has 1 N–H and O–H groups in total. The summed E-state index contributed by atoms with van der Waals surface area (Å²) in [4.78, 5) is 6.64. The fourth-order valence-electron chi connectivity index (χ4n) is 3.67. The van der Waals surface area contributed by atoms with E-state index in [0.29, 0.717) is 13.1 Å². The van der Waals surface area contributed by atoms with Crippen LogP contribution in [0.5, 0.6) is 0 Å². The van der Waals surface area contributed by atoms with Crippen molar-refractivity contribution in [2.75, 3.05) is 20.1 Å². The highest BCUT2D eigenvalue weighted by Crippen LogP contribution is 2.25. The van der Waals surface area contributed by atoms with E-state index in [2.05, 4.69) is 20.3 Å². The minimum atomic E-state index is -0.243. The van der Waals surface area contributed by atoms with Crippen LogP contribution >= 0.6 is 0 Å². The molecular formula is C23H26FN5O. The van der Waals surface area contributed by atoms with E-state index in [9.17, 15) is 4.39 Å². The molecule has 0 spiro atoms. The Kier molecular flexibility index (Phi) is 6.09. The Morgan fingerprint density at radius 3 is 2.67 bits per heavy atom. The fraction of sp³-hybridized carbons (Fsp3) is 0.304. The van der Waals surface area contributed by atoms with Crippen molar-refractivity contribution < 1.29 is 9.13 Å². The number of para-hydroxylation sites is 1. The Bertz CT molecular complexity index is 986. The van der Waals surface area contributed by atoms with E-state index in [4.69, 9.17) is 4.74 Å². The van der Waals surface area contributed by atoms with Crippen molar-refractivity contribution in [3.63, 3.8) is 0 Å². The summed E-state index contributed by atoms with van der Waals surface area (Å²) < 4.78 is 21.2. The molecule has 156 valence electrons. The summed E-state index contributed by atoms with van der Waals surface area (Å²) in [5, 5.41) is 7.88. The second kappa shape index (κ2) is 9.09. The number of ether oxygens (including phenoxy) is 1. The molecule has 2 unspecified atom stereocenters. The quantitative estimate of drug-likeness (QED) is 0.531. The molecule has 0 aliphatic carbocycles. The average Bonchev–Trinajstić information content (AvgIpc) is 3.24. The zero-order valence-corrected chi connectivity index (χ0v) is 17.2. The first-order valence-corrected chi connectivity index (χ1v) is 10.1.